The van der Waals surface area contributed by atoms with Crippen molar-refractivity contribution >= 4 is 43.7 Å². The normalized spacial score (nSPS) is 11.6. The van der Waals surface area contributed by atoms with Gasteiger partial charge in [0.2, 0.25) is 0 Å². The summed E-state index contributed by atoms with van der Waals surface area (Å²) < 4.78 is 8.53. The first-order valence-corrected chi connectivity index (χ1v) is 14.6. The molecule has 0 atom stereocenters. The molecule has 0 amide bonds. The number of benzene rings is 6. The molecule has 44 heavy (non-hydrogen) atoms. The molecule has 0 radical (unpaired) electrons. The van der Waals surface area contributed by atoms with Gasteiger partial charge in [0, 0.05) is 38.2 Å². The van der Waals surface area contributed by atoms with Crippen molar-refractivity contribution < 1.29 is 4.42 Å². The van der Waals surface area contributed by atoms with Crippen LogP contribution in [-0.4, -0.2) is 19.5 Å². The van der Waals surface area contributed by atoms with Gasteiger partial charge >= 0.3 is 0 Å². The van der Waals surface area contributed by atoms with Crippen LogP contribution in [0.3, 0.4) is 0 Å². The summed E-state index contributed by atoms with van der Waals surface area (Å²) >= 11 is 0. The molecule has 0 aliphatic carbocycles. The highest BCUT2D eigenvalue weighted by atomic mass is 16.3. The minimum atomic E-state index is 0.591. The first-order valence-electron chi connectivity index (χ1n) is 14.6. The topological polar surface area (TPSA) is 56.7 Å². The lowest BCUT2D eigenvalue weighted by Crippen LogP contribution is -2.03. The zero-order chi connectivity index (χ0) is 29.0. The van der Waals surface area contributed by atoms with E-state index in [2.05, 4.69) is 89.5 Å². The molecule has 0 aliphatic rings. The fourth-order valence-corrected chi connectivity index (χ4v) is 6.25. The Kier molecular flexibility index (Phi) is 5.43. The molecule has 6 aromatic carbocycles. The molecule has 3 aromatic heterocycles. The van der Waals surface area contributed by atoms with Gasteiger partial charge in [-0.25, -0.2) is 15.0 Å². The van der Waals surface area contributed by atoms with E-state index in [-0.39, 0.29) is 0 Å². The largest absolute Gasteiger partial charge is 0.456 e. The van der Waals surface area contributed by atoms with Crippen LogP contribution in [-0.2, 0) is 0 Å². The predicted octanol–water partition coefficient (Wildman–Crippen LogP) is 9.87. The molecule has 0 unspecified atom stereocenters. The SMILES string of the molecule is c1ccc(-c2nc(-c3ccc4c(c3)oc3ccccc34)nc(-c3ccccc3-n3c4ccccc4c4ccccc43)n2)cc1. The monoisotopic (exact) mass is 564 g/mol. The summed E-state index contributed by atoms with van der Waals surface area (Å²) in [7, 11) is 0. The van der Waals surface area contributed by atoms with Crippen molar-refractivity contribution in [2.75, 3.05) is 0 Å². The molecule has 0 spiro atoms. The van der Waals surface area contributed by atoms with Crippen molar-refractivity contribution in [2.24, 2.45) is 0 Å². The molecule has 0 bridgehead atoms. The Balaban J connectivity index is 1.29. The maximum absolute atomic E-state index is 6.22. The number of furan rings is 1. The van der Waals surface area contributed by atoms with Crippen molar-refractivity contribution in [2.45, 2.75) is 0 Å². The molecule has 0 fully saturated rings. The Morgan fingerprint density at radius 1 is 0.409 bits per heavy atom. The molecule has 5 heteroatoms. The van der Waals surface area contributed by atoms with Crippen LogP contribution in [0.4, 0.5) is 0 Å². The molecule has 206 valence electrons. The number of hydrogen-bond acceptors (Lipinski definition) is 4. The molecule has 3 heterocycles. The molecule has 9 aromatic rings. The van der Waals surface area contributed by atoms with E-state index in [0.29, 0.717) is 17.5 Å². The lowest BCUT2D eigenvalue weighted by molar-refractivity contribution is 0.669. The van der Waals surface area contributed by atoms with Crippen LogP contribution in [0.25, 0.3) is 83.6 Å². The van der Waals surface area contributed by atoms with Crippen molar-refractivity contribution in [3.05, 3.63) is 146 Å². The Labute approximate surface area is 252 Å². The van der Waals surface area contributed by atoms with Crippen LogP contribution >= 0.6 is 0 Å². The second-order valence-electron chi connectivity index (χ2n) is 10.9. The van der Waals surface area contributed by atoms with Gasteiger partial charge in [-0.3, -0.25) is 0 Å². The van der Waals surface area contributed by atoms with Crippen molar-refractivity contribution in [1.29, 1.82) is 0 Å². The Hall–Kier alpha value is -6.07. The van der Waals surface area contributed by atoms with Crippen LogP contribution in [0.15, 0.2) is 150 Å². The summed E-state index contributed by atoms with van der Waals surface area (Å²) in [4.78, 5) is 15.2. The average Bonchev–Trinajstić information content (AvgIpc) is 3.64. The third-order valence-corrected chi connectivity index (χ3v) is 8.27. The van der Waals surface area contributed by atoms with Crippen molar-refractivity contribution in [3.8, 4) is 39.9 Å². The summed E-state index contributed by atoms with van der Waals surface area (Å²) in [6, 6.07) is 49.8. The second-order valence-corrected chi connectivity index (χ2v) is 10.9. The number of nitrogens with zero attached hydrogens (tertiary/aromatic N) is 4. The van der Waals surface area contributed by atoms with Crippen LogP contribution < -0.4 is 0 Å². The third kappa shape index (κ3) is 3.83. The van der Waals surface area contributed by atoms with Crippen LogP contribution in [0.5, 0.6) is 0 Å². The minimum Gasteiger partial charge on any atom is -0.456 e. The Bertz CT molecular complexity index is 2460. The van der Waals surface area contributed by atoms with Gasteiger partial charge in [-0.2, -0.15) is 0 Å². The van der Waals surface area contributed by atoms with E-state index in [1.807, 2.05) is 60.7 Å². The Morgan fingerprint density at radius 3 is 1.75 bits per heavy atom. The van der Waals surface area contributed by atoms with E-state index >= 15 is 0 Å². The van der Waals surface area contributed by atoms with Crippen LogP contribution in [0.2, 0.25) is 0 Å². The first-order chi connectivity index (χ1) is 21.8. The maximum Gasteiger partial charge on any atom is 0.166 e. The highest BCUT2D eigenvalue weighted by molar-refractivity contribution is 6.09. The number of fused-ring (bicyclic) bond motifs is 6. The van der Waals surface area contributed by atoms with E-state index in [9.17, 15) is 0 Å². The van der Waals surface area contributed by atoms with Gasteiger partial charge in [0.25, 0.3) is 0 Å². The smallest absolute Gasteiger partial charge is 0.166 e. The van der Waals surface area contributed by atoms with Gasteiger partial charge in [0.15, 0.2) is 17.5 Å². The summed E-state index contributed by atoms with van der Waals surface area (Å²) in [6.45, 7) is 0. The number of aromatic nitrogens is 4. The third-order valence-electron chi connectivity index (χ3n) is 8.27. The van der Waals surface area contributed by atoms with E-state index in [1.54, 1.807) is 0 Å². The average molecular weight is 565 g/mol. The van der Waals surface area contributed by atoms with Gasteiger partial charge in [0.05, 0.1) is 16.7 Å². The lowest BCUT2D eigenvalue weighted by atomic mass is 10.1. The van der Waals surface area contributed by atoms with E-state index in [4.69, 9.17) is 19.4 Å². The minimum absolute atomic E-state index is 0.591. The van der Waals surface area contributed by atoms with E-state index in [0.717, 1.165) is 55.3 Å². The molecule has 0 N–H and O–H groups in total. The molecule has 9 rings (SSSR count). The second kappa shape index (κ2) is 9.75. The summed E-state index contributed by atoms with van der Waals surface area (Å²) in [5.41, 5.74) is 7.66. The highest BCUT2D eigenvalue weighted by Crippen LogP contribution is 2.37. The number of rotatable bonds is 4. The standard InChI is InChI=1S/C39H24N4O/c1-2-12-25(13-3-1)37-40-38(26-22-23-30-29-16-7-11-21-35(29)44-36(30)24-26)42-39(41-37)31-17-6-10-20-34(31)43-32-18-8-4-14-27(32)28-15-5-9-19-33(28)43/h1-24H. The number of hydrogen-bond donors (Lipinski definition) is 0. The van der Waals surface area contributed by atoms with Gasteiger partial charge < -0.3 is 8.98 Å². The summed E-state index contributed by atoms with van der Waals surface area (Å²) in [5, 5.41) is 4.57. The fraction of sp³-hybridized carbons (Fsp3) is 0. The number of para-hydroxylation sites is 4. The molecular weight excluding hydrogens is 540 g/mol. The summed E-state index contributed by atoms with van der Waals surface area (Å²) in [5.74, 6) is 1.82. The highest BCUT2D eigenvalue weighted by Gasteiger charge is 2.19. The quantitative estimate of drug-likeness (QED) is 0.213. The van der Waals surface area contributed by atoms with Gasteiger partial charge in [-0.05, 0) is 42.5 Å². The Morgan fingerprint density at radius 2 is 0.977 bits per heavy atom. The van der Waals surface area contributed by atoms with Gasteiger partial charge in [-0.1, -0.05) is 103 Å². The van der Waals surface area contributed by atoms with Crippen molar-refractivity contribution in [3.63, 3.8) is 0 Å². The molecule has 0 saturated carbocycles. The van der Waals surface area contributed by atoms with Gasteiger partial charge in [-0.15, -0.1) is 0 Å². The van der Waals surface area contributed by atoms with Gasteiger partial charge in [0.1, 0.15) is 11.2 Å². The molecular formula is C39H24N4O. The maximum atomic E-state index is 6.22. The lowest BCUT2D eigenvalue weighted by Gasteiger charge is -2.14. The first kappa shape index (κ1) is 24.5. The zero-order valence-corrected chi connectivity index (χ0v) is 23.6. The molecule has 0 aliphatic heterocycles. The van der Waals surface area contributed by atoms with Crippen LogP contribution in [0.1, 0.15) is 0 Å². The zero-order valence-electron chi connectivity index (χ0n) is 23.6. The summed E-state index contributed by atoms with van der Waals surface area (Å²) in [6.07, 6.45) is 0. The molecule has 5 nitrogen and oxygen atoms in total. The van der Waals surface area contributed by atoms with Crippen molar-refractivity contribution in [1.82, 2.24) is 19.5 Å². The predicted molar refractivity (Wildman–Crippen MR) is 178 cm³/mol. The molecule has 0 saturated heterocycles. The van der Waals surface area contributed by atoms with E-state index in [1.165, 1.54) is 10.8 Å². The fourth-order valence-electron chi connectivity index (χ4n) is 6.25. The van der Waals surface area contributed by atoms with E-state index < -0.39 is 0 Å². The van der Waals surface area contributed by atoms with Crippen LogP contribution in [0, 0.1) is 0 Å².